The number of aliphatic carboxylic acids is 1. The summed E-state index contributed by atoms with van der Waals surface area (Å²) in [6, 6.07) is 0. The fourth-order valence-electron chi connectivity index (χ4n) is 1.06. The molecule has 0 aliphatic heterocycles. The van der Waals surface area contributed by atoms with E-state index in [1.165, 1.54) is 6.92 Å². The number of carbonyl (C=O) groups is 2. The summed E-state index contributed by atoms with van der Waals surface area (Å²) in [5.74, 6) is -1.75. The lowest BCUT2D eigenvalue weighted by Gasteiger charge is -2.20. The molecular formula is C11H20O4. The van der Waals surface area contributed by atoms with Crippen molar-refractivity contribution in [2.24, 2.45) is 5.41 Å². The highest BCUT2D eigenvalue weighted by molar-refractivity contribution is 5.98. The Morgan fingerprint density at radius 2 is 1.87 bits per heavy atom. The van der Waals surface area contributed by atoms with Crippen molar-refractivity contribution in [3.63, 3.8) is 0 Å². The summed E-state index contributed by atoms with van der Waals surface area (Å²) in [4.78, 5) is 22.4. The van der Waals surface area contributed by atoms with Crippen LogP contribution >= 0.6 is 0 Å². The molecule has 4 nitrogen and oxygen atoms in total. The van der Waals surface area contributed by atoms with E-state index in [1.54, 1.807) is 6.92 Å². The highest BCUT2D eigenvalue weighted by Crippen LogP contribution is 2.23. The maximum atomic E-state index is 11.5. The van der Waals surface area contributed by atoms with E-state index in [1.807, 2.05) is 0 Å². The van der Waals surface area contributed by atoms with Gasteiger partial charge in [0.1, 0.15) is 0 Å². The van der Waals surface area contributed by atoms with Crippen LogP contribution in [-0.4, -0.2) is 23.7 Å². The smallest absolute Gasteiger partial charge is 0.323 e. The summed E-state index contributed by atoms with van der Waals surface area (Å²) in [5, 5.41) is 8.90. The number of unbranched alkanes of at least 4 members (excludes halogenated alkanes) is 2. The number of carbonyl (C=O) groups excluding carboxylic acids is 1. The van der Waals surface area contributed by atoms with Crippen LogP contribution in [0, 0.1) is 5.41 Å². The topological polar surface area (TPSA) is 63.6 Å². The number of esters is 1. The summed E-state index contributed by atoms with van der Waals surface area (Å²) in [6.45, 7) is 5.43. The Morgan fingerprint density at radius 1 is 1.27 bits per heavy atom. The molecule has 0 radical (unpaired) electrons. The van der Waals surface area contributed by atoms with Crippen LogP contribution in [0.15, 0.2) is 0 Å². The molecule has 0 saturated carbocycles. The molecule has 0 amide bonds. The third-order valence-electron chi connectivity index (χ3n) is 2.61. The molecule has 1 unspecified atom stereocenters. The van der Waals surface area contributed by atoms with Crippen molar-refractivity contribution in [3.8, 4) is 0 Å². The Labute approximate surface area is 90.6 Å². The molecule has 0 rings (SSSR count). The summed E-state index contributed by atoms with van der Waals surface area (Å²) in [6.07, 6.45) is 3.07. The van der Waals surface area contributed by atoms with Gasteiger partial charge in [-0.3, -0.25) is 9.59 Å². The average molecular weight is 216 g/mol. The van der Waals surface area contributed by atoms with Crippen molar-refractivity contribution in [1.82, 2.24) is 0 Å². The van der Waals surface area contributed by atoms with Crippen LogP contribution in [0.3, 0.4) is 0 Å². The minimum absolute atomic E-state index is 0.245. The minimum Gasteiger partial charge on any atom is -0.480 e. The number of ether oxygens (including phenoxy) is 1. The lowest BCUT2D eigenvalue weighted by molar-refractivity contribution is -0.167. The van der Waals surface area contributed by atoms with Gasteiger partial charge in [0.2, 0.25) is 0 Å². The summed E-state index contributed by atoms with van der Waals surface area (Å²) >= 11 is 0. The molecule has 1 N–H and O–H groups in total. The van der Waals surface area contributed by atoms with Gasteiger partial charge in [-0.2, -0.15) is 0 Å². The van der Waals surface area contributed by atoms with E-state index >= 15 is 0 Å². The Kier molecular flexibility index (Phi) is 5.97. The first-order valence-electron chi connectivity index (χ1n) is 5.39. The van der Waals surface area contributed by atoms with Gasteiger partial charge in [-0.1, -0.05) is 26.7 Å². The van der Waals surface area contributed by atoms with Gasteiger partial charge in [-0.05, 0) is 19.8 Å². The van der Waals surface area contributed by atoms with Crippen molar-refractivity contribution in [2.75, 3.05) is 6.61 Å². The van der Waals surface area contributed by atoms with Gasteiger partial charge in [-0.15, -0.1) is 0 Å². The molecule has 0 heterocycles. The van der Waals surface area contributed by atoms with Crippen molar-refractivity contribution < 1.29 is 19.4 Å². The largest absolute Gasteiger partial charge is 0.480 e. The van der Waals surface area contributed by atoms with E-state index < -0.39 is 17.4 Å². The third-order valence-corrected chi connectivity index (χ3v) is 2.61. The van der Waals surface area contributed by atoms with Crippen LogP contribution in [0.5, 0.6) is 0 Å². The van der Waals surface area contributed by atoms with Crippen LogP contribution in [-0.2, 0) is 14.3 Å². The number of hydrogen-bond donors (Lipinski definition) is 1. The van der Waals surface area contributed by atoms with Crippen LogP contribution in [0.4, 0.5) is 0 Å². The molecule has 0 aliphatic carbocycles. The van der Waals surface area contributed by atoms with Gasteiger partial charge in [0.25, 0.3) is 0 Å². The van der Waals surface area contributed by atoms with E-state index in [-0.39, 0.29) is 6.42 Å². The molecule has 0 saturated heterocycles. The Balaban J connectivity index is 4.11. The lowest BCUT2D eigenvalue weighted by atomic mass is 9.88. The van der Waals surface area contributed by atoms with Crippen molar-refractivity contribution in [1.29, 1.82) is 0 Å². The molecular weight excluding hydrogens is 196 g/mol. The lowest BCUT2D eigenvalue weighted by Crippen LogP contribution is -2.37. The zero-order chi connectivity index (χ0) is 11.9. The normalized spacial score (nSPS) is 14.3. The van der Waals surface area contributed by atoms with Gasteiger partial charge in [0.15, 0.2) is 5.41 Å². The van der Waals surface area contributed by atoms with E-state index in [2.05, 4.69) is 6.92 Å². The SMILES string of the molecule is CCCCCOC(=O)C(C)(CC)C(=O)O. The van der Waals surface area contributed by atoms with Gasteiger partial charge >= 0.3 is 11.9 Å². The van der Waals surface area contributed by atoms with Crippen molar-refractivity contribution in [3.05, 3.63) is 0 Å². The Bertz CT molecular complexity index is 225. The first kappa shape index (κ1) is 13.9. The quantitative estimate of drug-likeness (QED) is 0.402. The first-order chi connectivity index (χ1) is 6.99. The predicted octanol–water partition coefficient (Wildman–Crippen LogP) is 2.22. The molecule has 1 atom stereocenters. The van der Waals surface area contributed by atoms with Crippen molar-refractivity contribution in [2.45, 2.75) is 46.5 Å². The molecule has 0 aromatic rings. The van der Waals surface area contributed by atoms with Gasteiger partial charge in [-0.25, -0.2) is 0 Å². The second kappa shape index (κ2) is 6.43. The van der Waals surface area contributed by atoms with Crippen LogP contribution in [0.25, 0.3) is 0 Å². The zero-order valence-electron chi connectivity index (χ0n) is 9.71. The summed E-state index contributed by atoms with van der Waals surface area (Å²) < 4.78 is 4.94. The zero-order valence-corrected chi connectivity index (χ0v) is 9.71. The van der Waals surface area contributed by atoms with E-state index in [4.69, 9.17) is 9.84 Å². The van der Waals surface area contributed by atoms with Crippen LogP contribution in [0.2, 0.25) is 0 Å². The molecule has 0 fully saturated rings. The Morgan fingerprint density at radius 3 is 2.27 bits per heavy atom. The molecule has 0 aromatic carbocycles. The number of rotatable bonds is 7. The van der Waals surface area contributed by atoms with Gasteiger partial charge in [0.05, 0.1) is 6.61 Å². The highest BCUT2D eigenvalue weighted by Gasteiger charge is 2.41. The predicted molar refractivity (Wildman–Crippen MR) is 56.5 cm³/mol. The molecule has 0 bridgehead atoms. The minimum atomic E-state index is -1.40. The molecule has 15 heavy (non-hydrogen) atoms. The van der Waals surface area contributed by atoms with Crippen molar-refractivity contribution >= 4 is 11.9 Å². The third kappa shape index (κ3) is 3.90. The standard InChI is InChI=1S/C11H20O4/c1-4-6-7-8-15-10(14)11(3,5-2)9(12)13/h4-8H2,1-3H3,(H,12,13). The fourth-order valence-corrected chi connectivity index (χ4v) is 1.06. The number of hydrogen-bond acceptors (Lipinski definition) is 3. The number of carboxylic acid groups (broad SMARTS) is 1. The maximum Gasteiger partial charge on any atom is 0.323 e. The molecule has 0 aliphatic rings. The highest BCUT2D eigenvalue weighted by atomic mass is 16.5. The second-order valence-electron chi connectivity index (χ2n) is 3.83. The second-order valence-corrected chi connectivity index (χ2v) is 3.83. The monoisotopic (exact) mass is 216 g/mol. The van der Waals surface area contributed by atoms with E-state index in [9.17, 15) is 9.59 Å². The number of carboxylic acids is 1. The van der Waals surface area contributed by atoms with Crippen LogP contribution in [0.1, 0.15) is 46.5 Å². The molecule has 0 aromatic heterocycles. The summed E-state index contributed by atoms with van der Waals surface area (Å²) in [7, 11) is 0. The first-order valence-corrected chi connectivity index (χ1v) is 5.39. The molecule has 0 spiro atoms. The molecule has 4 heteroatoms. The van der Waals surface area contributed by atoms with Gasteiger partial charge < -0.3 is 9.84 Å². The average Bonchev–Trinajstić information content (AvgIpc) is 2.22. The van der Waals surface area contributed by atoms with Gasteiger partial charge in [0, 0.05) is 0 Å². The molecule has 88 valence electrons. The van der Waals surface area contributed by atoms with Crippen LogP contribution < -0.4 is 0 Å². The maximum absolute atomic E-state index is 11.5. The Hall–Kier alpha value is -1.06. The van der Waals surface area contributed by atoms with E-state index in [0.29, 0.717) is 6.61 Å². The summed E-state index contributed by atoms with van der Waals surface area (Å²) in [5.41, 5.74) is -1.40. The van der Waals surface area contributed by atoms with E-state index in [0.717, 1.165) is 19.3 Å². The fraction of sp³-hybridized carbons (Fsp3) is 0.818.